The summed E-state index contributed by atoms with van der Waals surface area (Å²) < 4.78 is 27.8. The van der Waals surface area contributed by atoms with Gasteiger partial charge in [-0.25, -0.2) is 8.42 Å². The van der Waals surface area contributed by atoms with Crippen molar-refractivity contribution in [1.82, 2.24) is 14.1 Å². The fraction of sp³-hybridized carbons (Fsp3) is 0.700. The average molecular weight is 290 g/mol. The molecule has 1 aliphatic rings. The molecular weight excluding hydrogens is 272 g/mol. The number of nitrogens with two attached hydrogens (primary N) is 1. The molecule has 1 fully saturated rings. The molecule has 1 aromatic heterocycles. The molecule has 102 valence electrons. The topological polar surface area (TPSA) is 81.2 Å². The molecule has 1 aliphatic heterocycles. The molecule has 0 atom stereocenters. The second-order valence-corrected chi connectivity index (χ2v) is 8.71. The van der Waals surface area contributed by atoms with Gasteiger partial charge in [0.25, 0.3) is 0 Å². The van der Waals surface area contributed by atoms with E-state index in [2.05, 4.69) is 5.10 Å². The van der Waals surface area contributed by atoms with Crippen LogP contribution in [0.2, 0.25) is 0 Å². The highest BCUT2D eigenvalue weighted by atomic mass is 32.2. The van der Waals surface area contributed by atoms with Crippen molar-refractivity contribution in [1.29, 1.82) is 0 Å². The van der Waals surface area contributed by atoms with Crippen molar-refractivity contribution in [3.63, 3.8) is 0 Å². The Kier molecular flexibility index (Phi) is 3.37. The Balaban J connectivity index is 2.34. The van der Waals surface area contributed by atoms with Crippen molar-refractivity contribution in [2.45, 2.75) is 23.5 Å². The normalized spacial score (nSPS) is 21.1. The molecular formula is C10H18N4O2S2. The number of anilines is 1. The van der Waals surface area contributed by atoms with Gasteiger partial charge in [0.2, 0.25) is 10.0 Å². The SMILES string of the molecule is Cn1cc(S(=O)(=O)N2CCSC(C)(C)C2)c(N)n1. The molecule has 6 nitrogen and oxygen atoms in total. The molecule has 0 unspecified atom stereocenters. The van der Waals surface area contributed by atoms with Crippen LogP contribution < -0.4 is 5.73 Å². The van der Waals surface area contributed by atoms with Crippen molar-refractivity contribution in [3.8, 4) is 0 Å². The van der Waals surface area contributed by atoms with Gasteiger partial charge in [-0.3, -0.25) is 4.68 Å². The van der Waals surface area contributed by atoms with Crippen molar-refractivity contribution in [2.75, 3.05) is 24.6 Å². The van der Waals surface area contributed by atoms with Gasteiger partial charge in [-0.2, -0.15) is 21.2 Å². The number of hydrogen-bond donors (Lipinski definition) is 1. The first kappa shape index (κ1) is 13.7. The lowest BCUT2D eigenvalue weighted by molar-refractivity contribution is 0.387. The van der Waals surface area contributed by atoms with Gasteiger partial charge in [-0.05, 0) is 13.8 Å². The lowest BCUT2D eigenvalue weighted by Gasteiger charge is -2.36. The molecule has 2 heterocycles. The highest BCUT2D eigenvalue weighted by Gasteiger charge is 2.36. The van der Waals surface area contributed by atoms with E-state index in [0.29, 0.717) is 13.1 Å². The van der Waals surface area contributed by atoms with Crippen LogP contribution in [-0.4, -0.2) is 46.1 Å². The standard InChI is InChI=1S/C10H18N4O2S2/c1-10(2)7-14(4-5-17-10)18(15,16)8-6-13(3)12-9(8)11/h6H,4-5,7H2,1-3H3,(H2,11,12). The number of nitrogens with zero attached hydrogens (tertiary/aromatic N) is 3. The first-order valence-corrected chi connectivity index (χ1v) is 8.08. The second-order valence-electron chi connectivity index (χ2n) is 5.00. The summed E-state index contributed by atoms with van der Waals surface area (Å²) in [7, 11) is -1.87. The van der Waals surface area contributed by atoms with Crippen molar-refractivity contribution in [2.24, 2.45) is 7.05 Å². The number of sulfonamides is 1. The summed E-state index contributed by atoms with van der Waals surface area (Å²) in [6.45, 7) is 5.11. The van der Waals surface area contributed by atoms with Crippen LogP contribution >= 0.6 is 11.8 Å². The van der Waals surface area contributed by atoms with Gasteiger partial charge in [0, 0.05) is 36.8 Å². The van der Waals surface area contributed by atoms with Crippen LogP contribution in [0.15, 0.2) is 11.1 Å². The van der Waals surface area contributed by atoms with E-state index in [1.807, 2.05) is 13.8 Å². The maximum atomic E-state index is 12.5. The van der Waals surface area contributed by atoms with Crippen molar-refractivity contribution in [3.05, 3.63) is 6.20 Å². The summed E-state index contributed by atoms with van der Waals surface area (Å²) in [6.07, 6.45) is 1.46. The number of hydrogen-bond acceptors (Lipinski definition) is 5. The minimum atomic E-state index is -3.53. The van der Waals surface area contributed by atoms with E-state index in [4.69, 9.17) is 5.73 Å². The molecule has 0 amide bonds. The average Bonchev–Trinajstić information content (AvgIpc) is 2.57. The van der Waals surface area contributed by atoms with E-state index >= 15 is 0 Å². The third-order valence-electron chi connectivity index (χ3n) is 2.83. The summed E-state index contributed by atoms with van der Waals surface area (Å²) in [5, 5.41) is 3.89. The number of rotatable bonds is 2. The molecule has 1 saturated heterocycles. The number of thioether (sulfide) groups is 1. The quantitative estimate of drug-likeness (QED) is 0.858. The van der Waals surface area contributed by atoms with E-state index in [1.165, 1.54) is 15.2 Å². The predicted octanol–water partition coefficient (Wildman–Crippen LogP) is 0.518. The molecule has 2 rings (SSSR count). The van der Waals surface area contributed by atoms with Crippen molar-refractivity contribution >= 4 is 27.6 Å². The predicted molar refractivity (Wildman–Crippen MR) is 72.9 cm³/mol. The van der Waals surface area contributed by atoms with Gasteiger partial charge in [0.1, 0.15) is 4.90 Å². The largest absolute Gasteiger partial charge is 0.381 e. The zero-order valence-corrected chi connectivity index (χ0v) is 12.4. The van der Waals surface area contributed by atoms with E-state index in [1.54, 1.807) is 18.8 Å². The van der Waals surface area contributed by atoms with Crippen LogP contribution in [0.3, 0.4) is 0 Å². The minimum Gasteiger partial charge on any atom is -0.381 e. The summed E-state index contributed by atoms with van der Waals surface area (Å²) in [5.74, 6) is 0.861. The molecule has 0 aliphatic carbocycles. The molecule has 0 saturated carbocycles. The van der Waals surface area contributed by atoms with E-state index in [9.17, 15) is 8.42 Å². The number of aryl methyl sites for hydroxylation is 1. The number of nitrogen functional groups attached to an aromatic ring is 1. The Morgan fingerprint density at radius 1 is 1.50 bits per heavy atom. The molecule has 0 spiro atoms. The number of aromatic nitrogens is 2. The highest BCUT2D eigenvalue weighted by molar-refractivity contribution is 8.00. The molecule has 0 radical (unpaired) electrons. The first-order chi connectivity index (χ1) is 8.22. The summed E-state index contributed by atoms with van der Waals surface area (Å²) in [4.78, 5) is 0.104. The van der Waals surface area contributed by atoms with Gasteiger partial charge in [0.05, 0.1) is 0 Å². The van der Waals surface area contributed by atoms with Crippen LogP contribution in [0.25, 0.3) is 0 Å². The summed E-state index contributed by atoms with van der Waals surface area (Å²) in [6, 6.07) is 0. The Labute approximate surface area is 112 Å². The fourth-order valence-electron chi connectivity index (χ4n) is 2.00. The van der Waals surface area contributed by atoms with Crippen LogP contribution in [0.1, 0.15) is 13.8 Å². The summed E-state index contributed by atoms with van der Waals surface area (Å²) >= 11 is 1.79. The van der Waals surface area contributed by atoms with Crippen molar-refractivity contribution < 1.29 is 8.42 Å². The Hall–Kier alpha value is -0.730. The lowest BCUT2D eigenvalue weighted by Crippen LogP contribution is -2.46. The highest BCUT2D eigenvalue weighted by Crippen LogP contribution is 2.33. The smallest absolute Gasteiger partial charge is 0.248 e. The van der Waals surface area contributed by atoms with E-state index < -0.39 is 10.0 Å². The molecule has 2 N–H and O–H groups in total. The van der Waals surface area contributed by atoms with Gasteiger partial charge in [-0.15, -0.1) is 0 Å². The lowest BCUT2D eigenvalue weighted by atomic mass is 10.2. The second kappa shape index (κ2) is 4.43. The molecule has 0 aromatic carbocycles. The van der Waals surface area contributed by atoms with Gasteiger partial charge < -0.3 is 5.73 Å². The van der Waals surface area contributed by atoms with Crippen LogP contribution in [-0.2, 0) is 17.1 Å². The third-order valence-corrected chi connectivity index (χ3v) is 5.99. The van der Waals surface area contributed by atoms with Gasteiger partial charge in [-0.1, -0.05) is 0 Å². The Bertz CT molecular complexity index is 550. The molecule has 18 heavy (non-hydrogen) atoms. The van der Waals surface area contributed by atoms with E-state index in [0.717, 1.165) is 5.75 Å². The van der Waals surface area contributed by atoms with Crippen LogP contribution in [0.5, 0.6) is 0 Å². The maximum absolute atomic E-state index is 12.5. The summed E-state index contributed by atoms with van der Waals surface area (Å²) in [5.41, 5.74) is 5.66. The fourth-order valence-corrected chi connectivity index (χ4v) is 5.00. The van der Waals surface area contributed by atoms with E-state index in [-0.39, 0.29) is 15.5 Å². The van der Waals surface area contributed by atoms with Gasteiger partial charge >= 0.3 is 0 Å². The van der Waals surface area contributed by atoms with Gasteiger partial charge in [0.15, 0.2) is 5.82 Å². The molecule has 0 bridgehead atoms. The first-order valence-electron chi connectivity index (χ1n) is 5.66. The van der Waals surface area contributed by atoms with Crippen LogP contribution in [0.4, 0.5) is 5.82 Å². The zero-order chi connectivity index (χ0) is 13.6. The van der Waals surface area contributed by atoms with Crippen LogP contribution in [0, 0.1) is 0 Å². The minimum absolute atomic E-state index is 0.0635. The molecule has 8 heteroatoms. The maximum Gasteiger partial charge on any atom is 0.248 e. The zero-order valence-electron chi connectivity index (χ0n) is 10.8. The monoisotopic (exact) mass is 290 g/mol. The Morgan fingerprint density at radius 3 is 2.67 bits per heavy atom. The Morgan fingerprint density at radius 2 is 2.17 bits per heavy atom. The third kappa shape index (κ3) is 2.50. The molecule has 1 aromatic rings.